The summed E-state index contributed by atoms with van der Waals surface area (Å²) in [7, 11) is 0. The molecule has 0 radical (unpaired) electrons. The molecule has 1 fully saturated rings. The van der Waals surface area contributed by atoms with E-state index in [0.717, 1.165) is 26.2 Å². The second-order valence-electron chi connectivity index (χ2n) is 5.33. The third-order valence-corrected chi connectivity index (χ3v) is 2.97. The van der Waals surface area contributed by atoms with E-state index in [1.165, 1.54) is 0 Å². The Bertz CT molecular complexity index is 298. The molecule has 1 saturated heterocycles. The molecule has 0 saturated carbocycles. The van der Waals surface area contributed by atoms with Crippen LogP contribution in [0.1, 0.15) is 20.8 Å². The van der Waals surface area contributed by atoms with Gasteiger partial charge in [0.1, 0.15) is 0 Å². The number of hydrogen-bond donors (Lipinski definition) is 0. The van der Waals surface area contributed by atoms with Crippen molar-refractivity contribution in [1.82, 2.24) is 9.80 Å². The Morgan fingerprint density at radius 1 is 1.18 bits per heavy atom. The summed E-state index contributed by atoms with van der Waals surface area (Å²) >= 11 is 0. The highest BCUT2D eigenvalue weighted by Crippen LogP contribution is 2.15. The molecule has 5 heteroatoms. The van der Waals surface area contributed by atoms with E-state index >= 15 is 0 Å². The summed E-state index contributed by atoms with van der Waals surface area (Å²) in [5, 5.41) is 0. The molecule has 0 aliphatic carbocycles. The number of hydrogen-bond acceptors (Lipinski definition) is 3. The molecule has 1 heterocycles. The molecule has 0 spiro atoms. The standard InChI is InChI=1S/C12H20F2N2O/c1-12(2,3)16-6-4-15(5-7-16)9-10(17)8-11(13)14/h8H,4-7,9H2,1-3H3. The zero-order chi connectivity index (χ0) is 13.1. The molecule has 0 aromatic carbocycles. The van der Waals surface area contributed by atoms with Crippen molar-refractivity contribution < 1.29 is 13.6 Å². The van der Waals surface area contributed by atoms with E-state index in [4.69, 9.17) is 0 Å². The first-order valence-corrected chi connectivity index (χ1v) is 5.82. The van der Waals surface area contributed by atoms with Gasteiger partial charge >= 0.3 is 0 Å². The average molecular weight is 246 g/mol. The number of nitrogens with zero attached hydrogens (tertiary/aromatic N) is 2. The predicted molar refractivity (Wildman–Crippen MR) is 63.1 cm³/mol. The van der Waals surface area contributed by atoms with Crippen molar-refractivity contribution in [1.29, 1.82) is 0 Å². The van der Waals surface area contributed by atoms with Crippen LogP contribution in [0.2, 0.25) is 0 Å². The minimum Gasteiger partial charge on any atom is -0.296 e. The van der Waals surface area contributed by atoms with Crippen molar-refractivity contribution in [2.75, 3.05) is 32.7 Å². The first kappa shape index (κ1) is 14.3. The van der Waals surface area contributed by atoms with Crippen LogP contribution < -0.4 is 0 Å². The fourth-order valence-electron chi connectivity index (χ4n) is 1.96. The van der Waals surface area contributed by atoms with Crippen molar-refractivity contribution in [3.8, 4) is 0 Å². The van der Waals surface area contributed by atoms with E-state index in [1.807, 2.05) is 4.90 Å². The average Bonchev–Trinajstić information content (AvgIpc) is 2.15. The molecule has 0 aromatic rings. The van der Waals surface area contributed by atoms with Crippen LogP contribution in [0, 0.1) is 0 Å². The van der Waals surface area contributed by atoms with Crippen LogP contribution in [-0.2, 0) is 4.79 Å². The van der Waals surface area contributed by atoms with Gasteiger partial charge in [0.05, 0.1) is 6.54 Å². The molecule has 3 nitrogen and oxygen atoms in total. The molecular weight excluding hydrogens is 226 g/mol. The molecule has 0 bridgehead atoms. The molecule has 0 unspecified atom stereocenters. The van der Waals surface area contributed by atoms with Gasteiger partial charge in [-0.05, 0) is 20.8 Å². The highest BCUT2D eigenvalue weighted by atomic mass is 19.3. The lowest BCUT2D eigenvalue weighted by molar-refractivity contribution is -0.116. The van der Waals surface area contributed by atoms with E-state index in [2.05, 4.69) is 25.7 Å². The number of halogens is 2. The summed E-state index contributed by atoms with van der Waals surface area (Å²) in [6.45, 7) is 9.79. The molecule has 17 heavy (non-hydrogen) atoms. The SMILES string of the molecule is CC(C)(C)N1CCN(CC(=O)C=C(F)F)CC1. The van der Waals surface area contributed by atoms with Gasteiger partial charge in [-0.2, -0.15) is 8.78 Å². The zero-order valence-corrected chi connectivity index (χ0v) is 10.7. The zero-order valence-electron chi connectivity index (χ0n) is 10.7. The van der Waals surface area contributed by atoms with Crippen LogP contribution in [0.5, 0.6) is 0 Å². The van der Waals surface area contributed by atoms with Gasteiger partial charge < -0.3 is 0 Å². The Morgan fingerprint density at radius 3 is 2.12 bits per heavy atom. The molecule has 1 rings (SSSR count). The molecule has 0 N–H and O–H groups in total. The second-order valence-corrected chi connectivity index (χ2v) is 5.33. The van der Waals surface area contributed by atoms with Crippen molar-refractivity contribution in [2.45, 2.75) is 26.3 Å². The van der Waals surface area contributed by atoms with Gasteiger partial charge in [-0.1, -0.05) is 0 Å². The molecule has 0 amide bonds. The monoisotopic (exact) mass is 246 g/mol. The summed E-state index contributed by atoms with van der Waals surface area (Å²) in [5.74, 6) is -0.519. The number of carbonyl (C=O) groups is 1. The summed E-state index contributed by atoms with van der Waals surface area (Å²) in [6, 6.07) is 0. The largest absolute Gasteiger partial charge is 0.296 e. The van der Waals surface area contributed by atoms with Crippen LogP contribution in [0.3, 0.4) is 0 Å². The van der Waals surface area contributed by atoms with E-state index in [9.17, 15) is 13.6 Å². The van der Waals surface area contributed by atoms with Gasteiger partial charge in [0.2, 0.25) is 0 Å². The molecule has 1 aliphatic rings. The normalized spacial score (nSPS) is 19.1. The van der Waals surface area contributed by atoms with Crippen molar-refractivity contribution in [3.05, 3.63) is 12.2 Å². The maximum atomic E-state index is 11.9. The Balaban J connectivity index is 2.38. The van der Waals surface area contributed by atoms with Gasteiger partial charge in [0.25, 0.3) is 6.08 Å². The van der Waals surface area contributed by atoms with Crippen LogP contribution in [0.15, 0.2) is 12.2 Å². The fourth-order valence-corrected chi connectivity index (χ4v) is 1.96. The third kappa shape index (κ3) is 4.91. The fraction of sp³-hybridized carbons (Fsp3) is 0.750. The first-order valence-electron chi connectivity index (χ1n) is 5.82. The van der Waals surface area contributed by atoms with Gasteiger partial charge in [-0.3, -0.25) is 14.6 Å². The smallest absolute Gasteiger partial charge is 0.273 e. The summed E-state index contributed by atoms with van der Waals surface area (Å²) in [6.07, 6.45) is -1.50. The lowest BCUT2D eigenvalue weighted by Crippen LogP contribution is -2.54. The van der Waals surface area contributed by atoms with Gasteiger partial charge in [0, 0.05) is 37.8 Å². The van der Waals surface area contributed by atoms with E-state index in [1.54, 1.807) is 0 Å². The second kappa shape index (κ2) is 5.69. The van der Waals surface area contributed by atoms with E-state index in [-0.39, 0.29) is 12.1 Å². The van der Waals surface area contributed by atoms with Crippen molar-refractivity contribution in [3.63, 3.8) is 0 Å². The molecule has 0 atom stereocenters. The maximum absolute atomic E-state index is 11.9. The summed E-state index contributed by atoms with van der Waals surface area (Å²) in [5.41, 5.74) is 0.126. The van der Waals surface area contributed by atoms with Crippen LogP contribution in [0.4, 0.5) is 8.78 Å². The highest BCUT2D eigenvalue weighted by molar-refractivity contribution is 5.91. The van der Waals surface area contributed by atoms with Crippen LogP contribution >= 0.6 is 0 Å². The van der Waals surface area contributed by atoms with Crippen molar-refractivity contribution in [2.24, 2.45) is 0 Å². The minimum atomic E-state index is -1.91. The molecule has 98 valence electrons. The Morgan fingerprint density at radius 2 is 1.71 bits per heavy atom. The van der Waals surface area contributed by atoms with Gasteiger partial charge in [0.15, 0.2) is 5.78 Å². The summed E-state index contributed by atoms with van der Waals surface area (Å²) < 4.78 is 23.7. The number of ketones is 1. The predicted octanol–water partition coefficient (Wildman–Crippen LogP) is 1.75. The number of rotatable bonds is 3. The van der Waals surface area contributed by atoms with Gasteiger partial charge in [-0.15, -0.1) is 0 Å². The quantitative estimate of drug-likeness (QED) is 0.709. The highest BCUT2D eigenvalue weighted by Gasteiger charge is 2.26. The summed E-state index contributed by atoms with van der Waals surface area (Å²) in [4.78, 5) is 15.4. The lowest BCUT2D eigenvalue weighted by Gasteiger charge is -2.42. The van der Waals surface area contributed by atoms with Crippen LogP contribution in [-0.4, -0.2) is 53.8 Å². The van der Waals surface area contributed by atoms with E-state index < -0.39 is 11.9 Å². The number of piperazine rings is 1. The minimum absolute atomic E-state index is 0.0926. The Kier molecular flexibility index (Phi) is 4.77. The lowest BCUT2D eigenvalue weighted by atomic mass is 10.0. The topological polar surface area (TPSA) is 23.6 Å². The molecule has 1 aliphatic heterocycles. The van der Waals surface area contributed by atoms with Gasteiger partial charge in [-0.25, -0.2) is 0 Å². The Hall–Kier alpha value is -0.810. The first-order chi connectivity index (χ1) is 7.79. The van der Waals surface area contributed by atoms with Crippen LogP contribution in [0.25, 0.3) is 0 Å². The number of carbonyl (C=O) groups excluding carboxylic acids is 1. The maximum Gasteiger partial charge on any atom is 0.273 e. The molecular formula is C12H20F2N2O. The third-order valence-electron chi connectivity index (χ3n) is 2.97. The van der Waals surface area contributed by atoms with Crippen molar-refractivity contribution >= 4 is 5.78 Å². The van der Waals surface area contributed by atoms with E-state index in [0.29, 0.717) is 6.08 Å². The Labute approximate surface area is 101 Å². The molecule has 0 aromatic heterocycles.